The van der Waals surface area contributed by atoms with Gasteiger partial charge in [-0.05, 0) is 40.2 Å². The van der Waals surface area contributed by atoms with Gasteiger partial charge >= 0.3 is 0 Å². The van der Waals surface area contributed by atoms with Crippen LogP contribution >= 0.6 is 15.9 Å². The Labute approximate surface area is 167 Å². The second-order valence-electron chi connectivity index (χ2n) is 7.09. The van der Waals surface area contributed by atoms with Crippen molar-refractivity contribution in [1.29, 1.82) is 0 Å². The van der Waals surface area contributed by atoms with Crippen LogP contribution in [-0.4, -0.2) is 33.3 Å². The van der Waals surface area contributed by atoms with Crippen molar-refractivity contribution in [3.05, 3.63) is 64.1 Å². The molecule has 8 heteroatoms. The van der Waals surface area contributed by atoms with Crippen LogP contribution in [0.1, 0.15) is 29.8 Å². The lowest BCUT2D eigenvalue weighted by molar-refractivity contribution is 0.0937. The predicted molar refractivity (Wildman–Crippen MR) is 108 cm³/mol. The summed E-state index contributed by atoms with van der Waals surface area (Å²) in [5.74, 6) is 0.172. The molecule has 27 heavy (non-hydrogen) atoms. The van der Waals surface area contributed by atoms with Gasteiger partial charge in [0.2, 0.25) is 0 Å². The molecule has 6 nitrogen and oxygen atoms in total. The third kappa shape index (κ3) is 4.39. The second kappa shape index (κ2) is 7.44. The molecule has 2 aromatic rings. The van der Waals surface area contributed by atoms with Crippen LogP contribution in [0.25, 0.3) is 0 Å². The lowest BCUT2D eigenvalue weighted by Gasteiger charge is -2.23. The van der Waals surface area contributed by atoms with Gasteiger partial charge in [0.05, 0.1) is 10.5 Å². The van der Waals surface area contributed by atoms with Crippen molar-refractivity contribution in [2.24, 2.45) is 10.4 Å². The minimum absolute atomic E-state index is 0.171. The van der Waals surface area contributed by atoms with Gasteiger partial charge in [-0.3, -0.25) is 14.5 Å². The first-order valence-corrected chi connectivity index (χ1v) is 10.7. The molecule has 0 atom stereocenters. The first-order chi connectivity index (χ1) is 12.7. The molecule has 0 aliphatic carbocycles. The number of amidine groups is 1. The molecule has 0 aromatic heterocycles. The molecule has 1 aliphatic heterocycles. The zero-order chi connectivity index (χ0) is 19.7. The van der Waals surface area contributed by atoms with Gasteiger partial charge < -0.3 is 5.32 Å². The zero-order valence-corrected chi connectivity index (χ0v) is 17.4. The van der Waals surface area contributed by atoms with E-state index in [1.807, 2.05) is 26.0 Å². The zero-order valence-electron chi connectivity index (χ0n) is 15.0. The summed E-state index contributed by atoms with van der Waals surface area (Å²) in [6, 6.07) is 14.0. The average Bonchev–Trinajstić information content (AvgIpc) is 2.90. The Bertz CT molecular complexity index is 1020. The summed E-state index contributed by atoms with van der Waals surface area (Å²) in [6.45, 7) is 4.69. The number of benzene rings is 2. The van der Waals surface area contributed by atoms with Crippen molar-refractivity contribution in [3.8, 4) is 0 Å². The fraction of sp³-hybridized carbons (Fsp3) is 0.263. The molecule has 1 aliphatic rings. The Kier molecular flexibility index (Phi) is 5.39. The lowest BCUT2D eigenvalue weighted by atomic mass is 9.93. The SMILES string of the molecule is CC(C)(CN=C1NS(=O)(=O)c2ccccc21)CNC(=O)c1ccccc1Br. The largest absolute Gasteiger partial charge is 0.351 e. The van der Waals surface area contributed by atoms with Gasteiger partial charge in [0.25, 0.3) is 15.9 Å². The first kappa shape index (κ1) is 19.6. The summed E-state index contributed by atoms with van der Waals surface area (Å²) in [5.41, 5.74) is 0.787. The van der Waals surface area contributed by atoms with Gasteiger partial charge in [0.1, 0.15) is 5.84 Å². The molecule has 0 fully saturated rings. The van der Waals surface area contributed by atoms with E-state index < -0.39 is 10.0 Å². The quantitative estimate of drug-likeness (QED) is 0.735. The molecule has 0 saturated heterocycles. The lowest BCUT2D eigenvalue weighted by Crippen LogP contribution is -2.36. The van der Waals surface area contributed by atoms with Crippen molar-refractivity contribution < 1.29 is 13.2 Å². The Hall–Kier alpha value is -2.19. The number of fused-ring (bicyclic) bond motifs is 1. The van der Waals surface area contributed by atoms with Gasteiger partial charge in [-0.1, -0.05) is 38.1 Å². The van der Waals surface area contributed by atoms with Crippen LogP contribution < -0.4 is 10.0 Å². The molecule has 3 rings (SSSR count). The Morgan fingerprint density at radius 1 is 1.15 bits per heavy atom. The Morgan fingerprint density at radius 2 is 1.81 bits per heavy atom. The number of sulfonamides is 1. The molecule has 0 bridgehead atoms. The van der Waals surface area contributed by atoms with Crippen LogP contribution in [0, 0.1) is 5.41 Å². The van der Waals surface area contributed by atoms with Gasteiger partial charge in [-0.25, -0.2) is 8.42 Å². The highest BCUT2D eigenvalue weighted by Gasteiger charge is 2.30. The number of nitrogens with zero attached hydrogens (tertiary/aromatic N) is 1. The highest BCUT2D eigenvalue weighted by Crippen LogP contribution is 2.23. The van der Waals surface area contributed by atoms with E-state index in [-0.39, 0.29) is 16.2 Å². The van der Waals surface area contributed by atoms with Crippen LogP contribution in [0.5, 0.6) is 0 Å². The number of rotatable bonds is 5. The molecule has 142 valence electrons. The fourth-order valence-electron chi connectivity index (χ4n) is 2.66. The van der Waals surface area contributed by atoms with E-state index in [1.165, 1.54) is 0 Å². The summed E-state index contributed by atoms with van der Waals surface area (Å²) < 4.78 is 27.5. The minimum atomic E-state index is -3.54. The number of carbonyl (C=O) groups excluding carboxylic acids is 1. The maximum Gasteiger partial charge on any atom is 0.263 e. The van der Waals surface area contributed by atoms with Gasteiger partial charge in [-0.2, -0.15) is 0 Å². The topological polar surface area (TPSA) is 87.6 Å². The number of amides is 1. The summed E-state index contributed by atoms with van der Waals surface area (Å²) in [5, 5.41) is 2.91. The first-order valence-electron chi connectivity index (χ1n) is 8.39. The standard InChI is InChI=1S/C19H20BrN3O3S/c1-19(2,12-22-18(24)13-7-3-5-9-15(13)20)11-21-17-14-8-4-6-10-16(14)27(25,26)23-17/h3-10H,11-12H2,1-2H3,(H,21,23)(H,22,24). The summed E-state index contributed by atoms with van der Waals surface area (Å²) in [6.07, 6.45) is 0. The molecule has 1 heterocycles. The average molecular weight is 450 g/mol. The van der Waals surface area contributed by atoms with Crippen molar-refractivity contribution in [3.63, 3.8) is 0 Å². The molecule has 1 amide bonds. The molecular weight excluding hydrogens is 430 g/mol. The summed E-state index contributed by atoms with van der Waals surface area (Å²) in [7, 11) is -3.54. The molecule has 2 aromatic carbocycles. The number of carbonyl (C=O) groups is 1. The van der Waals surface area contributed by atoms with E-state index in [0.717, 1.165) is 4.47 Å². The third-order valence-electron chi connectivity index (χ3n) is 4.17. The summed E-state index contributed by atoms with van der Waals surface area (Å²) in [4.78, 5) is 17.1. The van der Waals surface area contributed by atoms with Gasteiger partial charge in [0.15, 0.2) is 0 Å². The number of hydrogen-bond acceptors (Lipinski definition) is 4. The predicted octanol–water partition coefficient (Wildman–Crippen LogP) is 2.94. The normalized spacial score (nSPS) is 16.6. The Morgan fingerprint density at radius 3 is 2.56 bits per heavy atom. The molecule has 0 unspecified atom stereocenters. The van der Waals surface area contributed by atoms with Crippen LogP contribution in [0.3, 0.4) is 0 Å². The van der Waals surface area contributed by atoms with Crippen LogP contribution in [0.2, 0.25) is 0 Å². The monoisotopic (exact) mass is 449 g/mol. The maximum absolute atomic E-state index is 12.4. The fourth-order valence-corrected chi connectivity index (χ4v) is 4.38. The van der Waals surface area contributed by atoms with Crippen molar-refractivity contribution in [1.82, 2.24) is 10.0 Å². The van der Waals surface area contributed by atoms with E-state index in [2.05, 4.69) is 31.0 Å². The number of halogens is 1. The number of nitrogens with one attached hydrogen (secondary N) is 2. The smallest absolute Gasteiger partial charge is 0.263 e. The van der Waals surface area contributed by atoms with Crippen LogP contribution in [-0.2, 0) is 10.0 Å². The Balaban J connectivity index is 1.68. The number of hydrogen-bond donors (Lipinski definition) is 2. The van der Waals surface area contributed by atoms with E-state index in [1.54, 1.807) is 36.4 Å². The summed E-state index contributed by atoms with van der Waals surface area (Å²) >= 11 is 3.37. The molecule has 2 N–H and O–H groups in total. The van der Waals surface area contributed by atoms with Crippen LogP contribution in [0.4, 0.5) is 0 Å². The highest BCUT2D eigenvalue weighted by molar-refractivity contribution is 9.10. The molecule has 0 saturated carbocycles. The molecule has 0 spiro atoms. The maximum atomic E-state index is 12.4. The van der Waals surface area contributed by atoms with Crippen LogP contribution in [0.15, 0.2) is 62.9 Å². The van der Waals surface area contributed by atoms with Gasteiger partial charge in [-0.15, -0.1) is 0 Å². The minimum Gasteiger partial charge on any atom is -0.351 e. The van der Waals surface area contributed by atoms with E-state index >= 15 is 0 Å². The van der Waals surface area contributed by atoms with E-state index in [0.29, 0.717) is 30.1 Å². The third-order valence-corrected chi connectivity index (χ3v) is 6.26. The highest BCUT2D eigenvalue weighted by atomic mass is 79.9. The van der Waals surface area contributed by atoms with Crippen molar-refractivity contribution >= 4 is 37.7 Å². The van der Waals surface area contributed by atoms with E-state index in [4.69, 9.17) is 0 Å². The second-order valence-corrected chi connectivity index (χ2v) is 9.60. The molecule has 0 radical (unpaired) electrons. The molecular formula is C19H20BrN3O3S. The van der Waals surface area contributed by atoms with E-state index in [9.17, 15) is 13.2 Å². The van der Waals surface area contributed by atoms with Gasteiger partial charge in [0, 0.05) is 28.5 Å². The number of aliphatic imine (C=N–C) groups is 1. The van der Waals surface area contributed by atoms with Crippen molar-refractivity contribution in [2.75, 3.05) is 13.1 Å². The van der Waals surface area contributed by atoms with Crippen molar-refractivity contribution in [2.45, 2.75) is 18.7 Å².